The van der Waals surface area contributed by atoms with E-state index in [9.17, 15) is 39.9 Å². The molecule has 2 aromatic rings. The Bertz CT molecular complexity index is 1740. The number of nitrogens with zero attached hydrogens (tertiary/aromatic N) is 2. The number of aromatic hydroxyl groups is 1. The molecule has 1 saturated heterocycles. The highest BCUT2D eigenvalue weighted by molar-refractivity contribution is 6.23. The van der Waals surface area contributed by atoms with Crippen LogP contribution in [0, 0.1) is 23.7 Å². The minimum absolute atomic E-state index is 0.0526. The molecule has 48 heavy (non-hydrogen) atoms. The molecular weight excluding hydrogens is 618 g/mol. The number of phenols is 1. The van der Waals surface area contributed by atoms with E-state index < -0.39 is 63.8 Å². The van der Waals surface area contributed by atoms with Crippen molar-refractivity contribution >= 4 is 23.2 Å². The number of piperazine rings is 1. The fourth-order valence-electron chi connectivity index (χ4n) is 8.38. The van der Waals surface area contributed by atoms with Gasteiger partial charge in [-0.25, -0.2) is 0 Å². The summed E-state index contributed by atoms with van der Waals surface area (Å²) < 4.78 is 5.70. The van der Waals surface area contributed by atoms with Crippen LogP contribution in [0.2, 0.25) is 0 Å². The number of benzene rings is 2. The van der Waals surface area contributed by atoms with Crippen LogP contribution in [-0.4, -0.2) is 105 Å². The summed E-state index contributed by atoms with van der Waals surface area (Å²) in [6.07, 6.45) is 0.258. The van der Waals surface area contributed by atoms with E-state index in [1.54, 1.807) is 27.0 Å². The quantitative estimate of drug-likeness (QED) is 0.227. The van der Waals surface area contributed by atoms with Gasteiger partial charge in [-0.05, 0) is 59.6 Å². The number of ketones is 2. The lowest BCUT2D eigenvalue weighted by Crippen LogP contribution is -2.62. The van der Waals surface area contributed by atoms with Gasteiger partial charge in [-0.2, -0.15) is 0 Å². The Hall–Kier alpha value is -4.23. The predicted octanol–water partition coefficient (Wildman–Crippen LogP) is 2.09. The molecule has 0 aromatic heterocycles. The number of fused-ring (bicyclic) bond motifs is 3. The summed E-state index contributed by atoms with van der Waals surface area (Å²) in [6, 6.07) is 9.01. The van der Waals surface area contributed by atoms with Crippen molar-refractivity contribution in [3.05, 3.63) is 63.9 Å². The normalized spacial score (nSPS) is 26.4. The number of hydrogen-bond donors (Lipinski definition) is 6. The second kappa shape index (κ2) is 12.7. The Balaban J connectivity index is 1.42. The average molecular weight is 662 g/mol. The second-order valence-corrected chi connectivity index (χ2v) is 13.7. The van der Waals surface area contributed by atoms with Crippen LogP contribution in [0.3, 0.4) is 0 Å². The molecule has 0 radical (unpaired) electrons. The number of primary amides is 1. The zero-order valence-electron chi connectivity index (χ0n) is 27.4. The lowest BCUT2D eigenvalue weighted by Gasteiger charge is -2.50. The molecule has 12 nitrogen and oxygen atoms in total. The number of phenolic OH excluding ortho intramolecular Hbond substituents is 1. The molecule has 1 aliphatic heterocycles. The summed E-state index contributed by atoms with van der Waals surface area (Å²) in [6.45, 7) is 8.23. The first-order chi connectivity index (χ1) is 22.8. The molecule has 4 aliphatic rings. The van der Waals surface area contributed by atoms with Crippen LogP contribution in [0.5, 0.6) is 11.5 Å². The number of carbonyl (C=O) groups is 3. The Kier molecular flexibility index (Phi) is 8.88. The fourth-order valence-corrected chi connectivity index (χ4v) is 8.38. The van der Waals surface area contributed by atoms with Crippen LogP contribution in [0.4, 0.5) is 0 Å². The average Bonchev–Trinajstić information content (AvgIpc) is 3.03. The van der Waals surface area contributed by atoms with E-state index in [2.05, 4.69) is 9.80 Å². The molecule has 6 rings (SSSR count). The highest BCUT2D eigenvalue weighted by Crippen LogP contribution is 2.55. The Morgan fingerprint density at radius 2 is 1.75 bits per heavy atom. The topological polar surface area (TPSA) is 194 Å². The third kappa shape index (κ3) is 5.27. The van der Waals surface area contributed by atoms with E-state index in [1.165, 1.54) is 6.07 Å². The summed E-state index contributed by atoms with van der Waals surface area (Å²) >= 11 is 0. The molecule has 256 valence electrons. The lowest BCUT2D eigenvalue weighted by molar-refractivity contribution is -0.155. The molecule has 1 amide bonds. The van der Waals surface area contributed by atoms with Gasteiger partial charge in [-0.3, -0.25) is 24.2 Å². The number of hydrogen-bond acceptors (Lipinski definition) is 11. The number of amides is 1. The van der Waals surface area contributed by atoms with Crippen molar-refractivity contribution in [2.75, 3.05) is 46.4 Å². The molecule has 0 bridgehead atoms. The van der Waals surface area contributed by atoms with E-state index in [1.807, 2.05) is 18.2 Å². The van der Waals surface area contributed by atoms with Crippen molar-refractivity contribution in [2.24, 2.45) is 29.4 Å². The monoisotopic (exact) mass is 661 g/mol. The number of methoxy groups -OCH3 is 1. The van der Waals surface area contributed by atoms with Gasteiger partial charge >= 0.3 is 0 Å². The van der Waals surface area contributed by atoms with Gasteiger partial charge in [0.25, 0.3) is 5.91 Å². The maximum atomic E-state index is 14.2. The second-order valence-electron chi connectivity index (χ2n) is 13.7. The molecule has 1 saturated carbocycles. The summed E-state index contributed by atoms with van der Waals surface area (Å²) in [5.74, 6) is -7.25. The first-order valence-corrected chi connectivity index (χ1v) is 16.4. The summed E-state index contributed by atoms with van der Waals surface area (Å²) in [5, 5.41) is 55.0. The highest BCUT2D eigenvalue weighted by atomic mass is 16.5. The molecule has 2 aromatic carbocycles. The van der Waals surface area contributed by atoms with Crippen LogP contribution in [0.25, 0.3) is 16.9 Å². The molecule has 0 spiro atoms. The van der Waals surface area contributed by atoms with Gasteiger partial charge < -0.3 is 36.0 Å². The van der Waals surface area contributed by atoms with E-state index in [-0.39, 0.29) is 36.3 Å². The van der Waals surface area contributed by atoms with Crippen molar-refractivity contribution < 1.29 is 44.7 Å². The van der Waals surface area contributed by atoms with Crippen molar-refractivity contribution in [1.82, 2.24) is 9.80 Å². The maximum Gasteiger partial charge on any atom is 0.255 e. The van der Waals surface area contributed by atoms with E-state index in [0.29, 0.717) is 18.7 Å². The molecule has 4 atom stereocenters. The summed E-state index contributed by atoms with van der Waals surface area (Å²) in [5.41, 5.74) is 4.97. The molecule has 12 heteroatoms. The van der Waals surface area contributed by atoms with E-state index >= 15 is 0 Å². The molecule has 2 fully saturated rings. The van der Waals surface area contributed by atoms with Crippen LogP contribution in [0.15, 0.2) is 47.2 Å². The summed E-state index contributed by atoms with van der Waals surface area (Å²) in [7, 11) is 1.62. The van der Waals surface area contributed by atoms with Crippen molar-refractivity contribution in [1.29, 1.82) is 0 Å². The smallest absolute Gasteiger partial charge is 0.255 e. The van der Waals surface area contributed by atoms with Gasteiger partial charge in [0.15, 0.2) is 11.4 Å². The largest absolute Gasteiger partial charge is 0.508 e. The molecule has 0 unspecified atom stereocenters. The van der Waals surface area contributed by atoms with Crippen LogP contribution in [0.1, 0.15) is 37.0 Å². The van der Waals surface area contributed by atoms with Crippen LogP contribution in [-0.2, 0) is 27.3 Å². The van der Waals surface area contributed by atoms with Gasteiger partial charge in [-0.15, -0.1) is 0 Å². The highest BCUT2D eigenvalue weighted by Gasteiger charge is 2.64. The lowest BCUT2D eigenvalue weighted by atomic mass is 9.54. The number of carbonyl (C=O) groups excluding carboxylic acids is 3. The number of Topliss-reactive ketones (excluding diaryl/α,β-unsaturated/α-hetero) is 2. The first kappa shape index (κ1) is 33.7. The van der Waals surface area contributed by atoms with Gasteiger partial charge in [0.1, 0.15) is 28.6 Å². The number of aliphatic hydroxyl groups excluding tert-OH is 3. The SMILES string of the molecule is COc1ccc(-c2ccc(O)c3c2C[C@H]2C[C@H]4[C@H](C(C)C)C(=O)C(C(N)=O)=C(O)[C@@]4(O)C(=O)C2=C3O)cc1CN1CCN(CCO)CC1. The van der Waals surface area contributed by atoms with Crippen molar-refractivity contribution in [2.45, 2.75) is 38.8 Å². The van der Waals surface area contributed by atoms with Gasteiger partial charge in [0, 0.05) is 62.2 Å². The van der Waals surface area contributed by atoms with Gasteiger partial charge in [0.2, 0.25) is 5.78 Å². The third-order valence-corrected chi connectivity index (χ3v) is 10.7. The molecule has 7 N–H and O–H groups in total. The Labute approximate surface area is 278 Å². The fraction of sp³-hybridized carbons (Fsp3) is 0.472. The molecule has 3 aliphatic carbocycles. The number of aliphatic hydroxyl groups is 4. The number of rotatable bonds is 8. The Morgan fingerprint density at radius 3 is 2.38 bits per heavy atom. The van der Waals surface area contributed by atoms with Crippen molar-refractivity contribution in [3.8, 4) is 22.6 Å². The van der Waals surface area contributed by atoms with Crippen LogP contribution >= 0.6 is 0 Å². The van der Waals surface area contributed by atoms with Gasteiger partial charge in [0.05, 0.1) is 19.3 Å². The number of nitrogens with two attached hydrogens (primary N) is 1. The minimum Gasteiger partial charge on any atom is -0.508 e. The first-order valence-electron chi connectivity index (χ1n) is 16.4. The molecule has 1 heterocycles. The van der Waals surface area contributed by atoms with E-state index in [4.69, 9.17) is 10.5 Å². The maximum absolute atomic E-state index is 14.2. The predicted molar refractivity (Wildman–Crippen MR) is 176 cm³/mol. The number of ether oxygens (including phenoxy) is 1. The zero-order valence-corrected chi connectivity index (χ0v) is 27.4. The summed E-state index contributed by atoms with van der Waals surface area (Å²) in [4.78, 5) is 44.4. The van der Waals surface area contributed by atoms with Crippen molar-refractivity contribution in [3.63, 3.8) is 0 Å². The third-order valence-electron chi connectivity index (χ3n) is 10.7. The zero-order chi connectivity index (χ0) is 34.7. The van der Waals surface area contributed by atoms with Gasteiger partial charge in [-0.1, -0.05) is 26.0 Å². The molecular formula is C36H43N3O9. The Morgan fingerprint density at radius 1 is 1.06 bits per heavy atom. The number of β-amino-alcohol motifs (C(OH)–C–C–N with tert-alkyl or cyclic N) is 1. The standard InChI is InChI=1S/C36H43N3O9/c1-18(2)27-24-16-20-15-23-22(19-4-7-26(48-3)21(14-19)17-39-10-8-38(9-11-39)12-13-40)5-6-25(41)29(23)32(43)28(20)33(44)36(24,47)34(45)30(31(27)42)35(37)46/h4-7,14,18,20,24,27,40-41,43,45,47H,8-13,15-17H2,1-3H3,(H2,37,46)/t20-,24-,27-,36-/m0/s1. The van der Waals surface area contributed by atoms with E-state index in [0.717, 1.165) is 48.6 Å². The minimum atomic E-state index is -2.65. The van der Waals surface area contributed by atoms with Crippen LogP contribution < -0.4 is 10.5 Å².